The number of hydrogen-bond acceptors (Lipinski definition) is 4. The number of carboxylic acids is 1. The summed E-state index contributed by atoms with van der Waals surface area (Å²) in [7, 11) is 0. The molecular formula is C13H23N3O3. The van der Waals surface area contributed by atoms with E-state index in [1.807, 2.05) is 27.7 Å². The van der Waals surface area contributed by atoms with Crippen LogP contribution in [0.25, 0.3) is 0 Å². The Morgan fingerprint density at radius 3 is 2.32 bits per heavy atom. The van der Waals surface area contributed by atoms with Gasteiger partial charge in [-0.25, -0.2) is 0 Å². The largest absolute Gasteiger partial charge is 0.481 e. The summed E-state index contributed by atoms with van der Waals surface area (Å²) in [5.41, 5.74) is -0.893. The highest BCUT2D eigenvalue weighted by Crippen LogP contribution is 2.43. The van der Waals surface area contributed by atoms with Gasteiger partial charge in [-0.05, 0) is 10.8 Å². The summed E-state index contributed by atoms with van der Waals surface area (Å²) in [4.78, 5) is 27.0. The molecule has 108 valence electrons. The molecule has 1 amide bonds. The number of amides is 1. The number of nitrogens with one attached hydrogen (secondary N) is 2. The lowest BCUT2D eigenvalue weighted by Gasteiger charge is -2.40. The van der Waals surface area contributed by atoms with Crippen molar-refractivity contribution in [3.05, 3.63) is 0 Å². The maximum absolute atomic E-state index is 12.0. The predicted molar refractivity (Wildman–Crippen MR) is 72.9 cm³/mol. The van der Waals surface area contributed by atoms with E-state index >= 15 is 0 Å². The molecule has 1 rings (SSSR count). The third kappa shape index (κ3) is 4.22. The van der Waals surface area contributed by atoms with Crippen LogP contribution in [0.3, 0.4) is 0 Å². The summed E-state index contributed by atoms with van der Waals surface area (Å²) in [6.45, 7) is 8.99. The smallest absolute Gasteiger partial charge is 0.303 e. The molecule has 1 heterocycles. The SMILES string of the molecule is CC(C)(CC(=O)O)C(C)(C)CC(=O)NC1=NCCN1. The zero-order valence-electron chi connectivity index (χ0n) is 12.0. The van der Waals surface area contributed by atoms with Crippen LogP contribution in [0.2, 0.25) is 0 Å². The predicted octanol–water partition coefficient (Wildman–Crippen LogP) is 0.979. The minimum atomic E-state index is -0.847. The highest BCUT2D eigenvalue weighted by Gasteiger charge is 2.40. The van der Waals surface area contributed by atoms with Crippen molar-refractivity contribution in [1.82, 2.24) is 10.6 Å². The highest BCUT2D eigenvalue weighted by molar-refractivity contribution is 5.97. The molecule has 3 N–H and O–H groups in total. The molecule has 0 saturated heterocycles. The molecule has 6 nitrogen and oxygen atoms in total. The number of nitrogens with zero attached hydrogens (tertiary/aromatic N) is 1. The third-order valence-corrected chi connectivity index (χ3v) is 3.96. The Morgan fingerprint density at radius 2 is 1.84 bits per heavy atom. The fraction of sp³-hybridized carbons (Fsp3) is 0.769. The van der Waals surface area contributed by atoms with Crippen LogP contribution in [0.1, 0.15) is 40.5 Å². The van der Waals surface area contributed by atoms with Crippen molar-refractivity contribution in [2.45, 2.75) is 40.5 Å². The molecule has 0 aromatic rings. The monoisotopic (exact) mass is 269 g/mol. The second-order valence-corrected chi connectivity index (χ2v) is 6.22. The molecule has 1 aliphatic rings. The first-order valence-electron chi connectivity index (χ1n) is 6.44. The molecule has 0 unspecified atom stereocenters. The Morgan fingerprint density at radius 1 is 1.26 bits per heavy atom. The fourth-order valence-electron chi connectivity index (χ4n) is 1.92. The number of rotatable bonds is 5. The normalized spacial score (nSPS) is 15.7. The summed E-state index contributed by atoms with van der Waals surface area (Å²) in [6, 6.07) is 0. The third-order valence-electron chi connectivity index (χ3n) is 3.96. The van der Waals surface area contributed by atoms with Gasteiger partial charge >= 0.3 is 5.97 Å². The molecule has 0 radical (unpaired) electrons. The molecule has 1 aliphatic heterocycles. The average molecular weight is 269 g/mol. The number of aliphatic carboxylic acids is 1. The molecule has 0 aromatic carbocycles. The van der Waals surface area contributed by atoms with Crippen molar-refractivity contribution in [2.75, 3.05) is 13.1 Å². The first kappa shape index (κ1) is 15.5. The Kier molecular flexibility index (Phi) is 4.55. The van der Waals surface area contributed by atoms with E-state index in [-0.39, 0.29) is 18.7 Å². The summed E-state index contributed by atoms with van der Waals surface area (Å²) in [6.07, 6.45) is 0.292. The summed E-state index contributed by atoms with van der Waals surface area (Å²) < 4.78 is 0. The highest BCUT2D eigenvalue weighted by atomic mass is 16.4. The van der Waals surface area contributed by atoms with E-state index < -0.39 is 16.8 Å². The van der Waals surface area contributed by atoms with E-state index in [1.165, 1.54) is 0 Å². The average Bonchev–Trinajstić information content (AvgIpc) is 2.66. The zero-order valence-corrected chi connectivity index (χ0v) is 12.0. The van der Waals surface area contributed by atoms with Gasteiger partial charge in [0.05, 0.1) is 13.0 Å². The maximum Gasteiger partial charge on any atom is 0.303 e. The fourth-order valence-corrected chi connectivity index (χ4v) is 1.92. The van der Waals surface area contributed by atoms with E-state index in [0.717, 1.165) is 6.54 Å². The summed E-state index contributed by atoms with van der Waals surface area (Å²) >= 11 is 0. The number of carboxylic acid groups (broad SMARTS) is 1. The van der Waals surface area contributed by atoms with Crippen LogP contribution in [0.5, 0.6) is 0 Å². The first-order chi connectivity index (χ1) is 8.64. The van der Waals surface area contributed by atoms with Crippen LogP contribution in [-0.2, 0) is 9.59 Å². The number of hydrogen-bond donors (Lipinski definition) is 3. The van der Waals surface area contributed by atoms with Gasteiger partial charge in [0.1, 0.15) is 0 Å². The number of aliphatic imine (C=N–C) groups is 1. The molecule has 6 heteroatoms. The van der Waals surface area contributed by atoms with Gasteiger partial charge in [-0.3, -0.25) is 19.9 Å². The summed E-state index contributed by atoms with van der Waals surface area (Å²) in [5, 5.41) is 14.6. The quantitative estimate of drug-likeness (QED) is 0.694. The van der Waals surface area contributed by atoms with Gasteiger partial charge in [0, 0.05) is 13.0 Å². The van der Waals surface area contributed by atoms with E-state index in [2.05, 4.69) is 15.6 Å². The lowest BCUT2D eigenvalue weighted by Crippen LogP contribution is -2.43. The second kappa shape index (κ2) is 5.59. The van der Waals surface area contributed by atoms with Crippen molar-refractivity contribution < 1.29 is 14.7 Å². The van der Waals surface area contributed by atoms with Crippen LogP contribution in [0, 0.1) is 10.8 Å². The first-order valence-corrected chi connectivity index (χ1v) is 6.44. The van der Waals surface area contributed by atoms with Gasteiger partial charge in [0.15, 0.2) is 5.96 Å². The molecule has 19 heavy (non-hydrogen) atoms. The van der Waals surface area contributed by atoms with Crippen LogP contribution < -0.4 is 10.6 Å². The Labute approximate surface area is 113 Å². The maximum atomic E-state index is 12.0. The van der Waals surface area contributed by atoms with Crippen LogP contribution in [-0.4, -0.2) is 36.0 Å². The Hall–Kier alpha value is -1.59. The van der Waals surface area contributed by atoms with Crippen LogP contribution in [0.15, 0.2) is 4.99 Å². The molecular weight excluding hydrogens is 246 g/mol. The van der Waals surface area contributed by atoms with Crippen molar-refractivity contribution in [2.24, 2.45) is 15.8 Å². The lowest BCUT2D eigenvalue weighted by molar-refractivity contribution is -0.142. The van der Waals surface area contributed by atoms with E-state index in [0.29, 0.717) is 12.5 Å². The van der Waals surface area contributed by atoms with Crippen LogP contribution in [0.4, 0.5) is 0 Å². The minimum Gasteiger partial charge on any atom is -0.481 e. The molecule has 0 spiro atoms. The Balaban J connectivity index is 2.61. The standard InChI is InChI=1S/C13H23N3O3/c1-12(2,13(3,4)8-10(18)19)7-9(17)16-11-14-5-6-15-11/h5-8H2,1-4H3,(H,18,19)(H2,14,15,16,17). The van der Waals surface area contributed by atoms with E-state index in [4.69, 9.17) is 5.11 Å². The molecule has 0 atom stereocenters. The lowest BCUT2D eigenvalue weighted by atomic mass is 9.64. The topological polar surface area (TPSA) is 90.8 Å². The molecule has 0 saturated carbocycles. The van der Waals surface area contributed by atoms with Crippen LogP contribution >= 0.6 is 0 Å². The molecule has 0 fully saturated rings. The second-order valence-electron chi connectivity index (χ2n) is 6.22. The van der Waals surface area contributed by atoms with E-state index in [1.54, 1.807) is 0 Å². The molecule has 0 aromatic heterocycles. The zero-order chi connectivity index (χ0) is 14.7. The van der Waals surface area contributed by atoms with Crippen molar-refractivity contribution >= 4 is 17.8 Å². The van der Waals surface area contributed by atoms with Crippen molar-refractivity contribution in [3.63, 3.8) is 0 Å². The Bertz CT molecular complexity index is 400. The molecule has 0 aliphatic carbocycles. The van der Waals surface area contributed by atoms with Gasteiger partial charge in [-0.1, -0.05) is 27.7 Å². The van der Waals surface area contributed by atoms with Crippen molar-refractivity contribution in [3.8, 4) is 0 Å². The van der Waals surface area contributed by atoms with Gasteiger partial charge in [-0.15, -0.1) is 0 Å². The van der Waals surface area contributed by atoms with Gasteiger partial charge in [0.2, 0.25) is 5.91 Å². The minimum absolute atomic E-state index is 0.0342. The number of carbonyl (C=O) groups excluding carboxylic acids is 1. The van der Waals surface area contributed by atoms with E-state index in [9.17, 15) is 9.59 Å². The number of carbonyl (C=O) groups is 2. The molecule has 0 bridgehead atoms. The van der Waals surface area contributed by atoms with Gasteiger partial charge in [-0.2, -0.15) is 0 Å². The van der Waals surface area contributed by atoms with Crippen molar-refractivity contribution in [1.29, 1.82) is 0 Å². The van der Waals surface area contributed by atoms with Gasteiger partial charge in [0.25, 0.3) is 0 Å². The van der Waals surface area contributed by atoms with Gasteiger partial charge < -0.3 is 10.4 Å². The summed E-state index contributed by atoms with van der Waals surface area (Å²) in [5.74, 6) is -0.478. The number of guanidine groups is 1.